The first-order chi connectivity index (χ1) is 15.6. The molecule has 0 spiro atoms. The van der Waals surface area contributed by atoms with E-state index in [1.54, 1.807) is 11.8 Å². The molecule has 1 saturated heterocycles. The fraction of sp³-hybridized carbons (Fsp3) is 0.333. The Labute approximate surface area is 185 Å². The third-order valence-electron chi connectivity index (χ3n) is 6.13. The van der Waals surface area contributed by atoms with Crippen LogP contribution in [0.1, 0.15) is 41.4 Å². The number of fused-ring (bicyclic) bond motifs is 1. The Bertz CT molecular complexity index is 1290. The minimum Gasteiger partial charge on any atom is -0.497 e. The van der Waals surface area contributed by atoms with Crippen LogP contribution in [0.2, 0.25) is 0 Å². The van der Waals surface area contributed by atoms with Crippen LogP contribution in [0.5, 0.6) is 5.75 Å². The maximum absolute atomic E-state index is 13.2. The Balaban J connectivity index is 1.57. The van der Waals surface area contributed by atoms with E-state index in [0.717, 1.165) is 53.7 Å². The predicted molar refractivity (Wildman–Crippen MR) is 122 cm³/mol. The molecule has 1 aliphatic heterocycles. The number of tetrazole rings is 1. The van der Waals surface area contributed by atoms with Crippen molar-refractivity contribution in [2.24, 2.45) is 0 Å². The van der Waals surface area contributed by atoms with Crippen molar-refractivity contribution in [3.05, 3.63) is 81.4 Å². The Morgan fingerprint density at radius 2 is 1.88 bits per heavy atom. The first kappa shape index (κ1) is 20.4. The second kappa shape index (κ2) is 8.55. The zero-order valence-corrected chi connectivity index (χ0v) is 18.3. The number of hydrogen-bond acceptors (Lipinski definition) is 6. The average Bonchev–Trinajstić information content (AvgIpc) is 3.48. The fourth-order valence-corrected chi connectivity index (χ4v) is 4.46. The number of nitrogens with zero attached hydrogens (tertiary/aromatic N) is 5. The zero-order chi connectivity index (χ0) is 22.1. The third kappa shape index (κ3) is 3.89. The Morgan fingerprint density at radius 3 is 2.62 bits per heavy atom. The van der Waals surface area contributed by atoms with E-state index in [2.05, 4.69) is 31.5 Å². The molecule has 0 radical (unpaired) electrons. The Morgan fingerprint density at radius 1 is 1.09 bits per heavy atom. The number of benzene rings is 2. The summed E-state index contributed by atoms with van der Waals surface area (Å²) in [6.45, 7) is 4.35. The third-order valence-corrected chi connectivity index (χ3v) is 6.13. The Hall–Kier alpha value is -3.52. The maximum Gasteiger partial charge on any atom is 0.253 e. The van der Waals surface area contributed by atoms with E-state index < -0.39 is 0 Å². The molecule has 164 valence electrons. The van der Waals surface area contributed by atoms with Gasteiger partial charge in [-0.2, -0.15) is 0 Å². The normalized spacial score (nSPS) is 15.3. The molecule has 1 atom stereocenters. The molecular weight excluding hydrogens is 404 g/mol. The minimum absolute atomic E-state index is 0.0982. The maximum atomic E-state index is 13.2. The molecule has 3 heterocycles. The number of likely N-dealkylation sites (tertiary alicyclic amines) is 1. The average molecular weight is 431 g/mol. The van der Waals surface area contributed by atoms with Crippen LogP contribution in [0, 0.1) is 6.92 Å². The molecule has 0 amide bonds. The fourth-order valence-electron chi connectivity index (χ4n) is 4.46. The molecule has 1 fully saturated rings. The van der Waals surface area contributed by atoms with Crippen LogP contribution in [-0.2, 0) is 6.54 Å². The van der Waals surface area contributed by atoms with Crippen LogP contribution < -0.4 is 10.3 Å². The molecular formula is C24H26N6O2. The van der Waals surface area contributed by atoms with E-state index >= 15 is 0 Å². The van der Waals surface area contributed by atoms with Crippen molar-refractivity contribution in [2.45, 2.75) is 32.4 Å². The van der Waals surface area contributed by atoms with E-state index in [-0.39, 0.29) is 11.6 Å². The molecule has 0 unspecified atom stereocenters. The van der Waals surface area contributed by atoms with E-state index in [4.69, 9.17) is 4.74 Å². The van der Waals surface area contributed by atoms with Crippen LogP contribution in [-0.4, -0.2) is 50.3 Å². The van der Waals surface area contributed by atoms with Gasteiger partial charge in [-0.25, -0.2) is 4.68 Å². The number of H-pyrrole nitrogens is 1. The molecule has 8 nitrogen and oxygen atoms in total. The lowest BCUT2D eigenvalue weighted by Gasteiger charge is -2.26. The highest BCUT2D eigenvalue weighted by Gasteiger charge is 2.32. The summed E-state index contributed by atoms with van der Waals surface area (Å²) in [5.74, 6) is 1.48. The van der Waals surface area contributed by atoms with Gasteiger partial charge >= 0.3 is 0 Å². The van der Waals surface area contributed by atoms with Crippen molar-refractivity contribution in [3.63, 3.8) is 0 Å². The number of ether oxygens (including phenoxy) is 1. The highest BCUT2D eigenvalue weighted by atomic mass is 16.5. The summed E-state index contributed by atoms with van der Waals surface area (Å²) in [5, 5.41) is 13.6. The highest BCUT2D eigenvalue weighted by molar-refractivity contribution is 5.79. The number of pyridine rings is 1. The van der Waals surface area contributed by atoms with E-state index in [1.165, 1.54) is 0 Å². The summed E-state index contributed by atoms with van der Waals surface area (Å²) in [6, 6.07) is 15.6. The van der Waals surface area contributed by atoms with Crippen molar-refractivity contribution in [1.82, 2.24) is 30.1 Å². The number of aryl methyl sites for hydroxylation is 1. The molecule has 5 rings (SSSR count). The molecule has 0 bridgehead atoms. The summed E-state index contributed by atoms with van der Waals surface area (Å²) in [5.41, 5.74) is 3.59. The van der Waals surface area contributed by atoms with Gasteiger partial charge in [0.05, 0.1) is 13.7 Å². The molecule has 2 aromatic carbocycles. The lowest BCUT2D eigenvalue weighted by Crippen LogP contribution is -2.33. The number of rotatable bonds is 6. The van der Waals surface area contributed by atoms with Gasteiger partial charge in [0.15, 0.2) is 5.82 Å². The van der Waals surface area contributed by atoms with Gasteiger partial charge in [-0.15, -0.1) is 5.10 Å². The van der Waals surface area contributed by atoms with Crippen LogP contribution in [0.15, 0.2) is 53.3 Å². The second-order valence-electron chi connectivity index (χ2n) is 8.33. The Kier molecular flexibility index (Phi) is 5.45. The molecule has 8 heteroatoms. The lowest BCUT2D eigenvalue weighted by molar-refractivity contribution is 0.263. The number of aromatic amines is 1. The first-order valence-corrected chi connectivity index (χ1v) is 10.9. The predicted octanol–water partition coefficient (Wildman–Crippen LogP) is 3.07. The van der Waals surface area contributed by atoms with Crippen molar-refractivity contribution in [2.75, 3.05) is 20.2 Å². The first-order valence-electron chi connectivity index (χ1n) is 10.9. The molecule has 1 N–H and O–H groups in total. The van der Waals surface area contributed by atoms with Gasteiger partial charge in [0.25, 0.3) is 5.56 Å². The quantitative estimate of drug-likeness (QED) is 0.506. The van der Waals surface area contributed by atoms with Crippen molar-refractivity contribution < 1.29 is 4.74 Å². The van der Waals surface area contributed by atoms with Gasteiger partial charge < -0.3 is 9.72 Å². The van der Waals surface area contributed by atoms with E-state index in [1.807, 2.05) is 49.4 Å². The molecule has 0 aliphatic carbocycles. The molecule has 32 heavy (non-hydrogen) atoms. The van der Waals surface area contributed by atoms with Gasteiger partial charge in [-0.1, -0.05) is 24.3 Å². The van der Waals surface area contributed by atoms with Crippen molar-refractivity contribution in [3.8, 4) is 5.75 Å². The van der Waals surface area contributed by atoms with Crippen LogP contribution in [0.4, 0.5) is 0 Å². The van der Waals surface area contributed by atoms with E-state index in [0.29, 0.717) is 17.9 Å². The van der Waals surface area contributed by atoms with Crippen LogP contribution in [0.25, 0.3) is 10.9 Å². The largest absolute Gasteiger partial charge is 0.497 e. The summed E-state index contributed by atoms with van der Waals surface area (Å²) in [4.78, 5) is 18.6. The number of hydrogen-bond donors (Lipinski definition) is 1. The molecule has 4 aromatic rings. The van der Waals surface area contributed by atoms with Gasteiger partial charge in [-0.05, 0) is 84.1 Å². The zero-order valence-electron chi connectivity index (χ0n) is 18.3. The number of methoxy groups -OCH3 is 1. The SMILES string of the molecule is COc1ccc(Cn2nnnc2[C@@H](c2cc3ccc(C)cc3[nH]c2=O)N2CCCC2)cc1. The second-order valence-corrected chi connectivity index (χ2v) is 8.33. The number of aromatic nitrogens is 5. The van der Waals surface area contributed by atoms with Gasteiger partial charge in [-0.3, -0.25) is 9.69 Å². The molecule has 1 aliphatic rings. The molecule has 0 saturated carbocycles. The summed E-state index contributed by atoms with van der Waals surface area (Å²) >= 11 is 0. The van der Waals surface area contributed by atoms with Crippen molar-refractivity contribution >= 4 is 10.9 Å². The summed E-state index contributed by atoms with van der Waals surface area (Å²) < 4.78 is 7.05. The van der Waals surface area contributed by atoms with Crippen LogP contribution >= 0.6 is 0 Å². The standard InChI is InChI=1S/C24H26N6O2/c1-16-5-8-18-14-20(24(31)25-21(18)13-16)22(29-11-3-4-12-29)23-26-27-28-30(23)15-17-6-9-19(32-2)10-7-17/h5-10,13-14,22H,3-4,11-12,15H2,1-2H3,(H,25,31)/t22-/m1/s1. The summed E-state index contributed by atoms with van der Waals surface area (Å²) in [6.07, 6.45) is 2.20. The molecule has 2 aromatic heterocycles. The number of nitrogens with one attached hydrogen (secondary N) is 1. The van der Waals surface area contributed by atoms with Crippen LogP contribution in [0.3, 0.4) is 0 Å². The smallest absolute Gasteiger partial charge is 0.253 e. The monoisotopic (exact) mass is 430 g/mol. The summed E-state index contributed by atoms with van der Waals surface area (Å²) in [7, 11) is 1.65. The highest BCUT2D eigenvalue weighted by Crippen LogP contribution is 2.30. The van der Waals surface area contributed by atoms with Gasteiger partial charge in [0.1, 0.15) is 11.8 Å². The van der Waals surface area contributed by atoms with Crippen molar-refractivity contribution in [1.29, 1.82) is 0 Å². The van der Waals surface area contributed by atoms with Gasteiger partial charge in [0, 0.05) is 11.1 Å². The lowest BCUT2D eigenvalue weighted by atomic mass is 10.0. The topological polar surface area (TPSA) is 88.9 Å². The minimum atomic E-state index is -0.305. The van der Waals surface area contributed by atoms with E-state index in [9.17, 15) is 4.79 Å². The van der Waals surface area contributed by atoms with Gasteiger partial charge in [0.2, 0.25) is 0 Å².